The maximum absolute atomic E-state index is 6.02. The number of morpholine rings is 1. The maximum atomic E-state index is 6.02. The van der Waals surface area contributed by atoms with E-state index in [1.807, 2.05) is 0 Å². The summed E-state index contributed by atoms with van der Waals surface area (Å²) < 4.78 is 6.02. The Hall–Kier alpha value is -0.160. The normalized spacial score (nSPS) is 34.0. The van der Waals surface area contributed by atoms with E-state index in [2.05, 4.69) is 42.8 Å². The van der Waals surface area contributed by atoms with E-state index in [4.69, 9.17) is 4.74 Å². The fourth-order valence-corrected chi connectivity index (χ4v) is 3.61. The van der Waals surface area contributed by atoms with E-state index in [1.54, 1.807) is 0 Å². The van der Waals surface area contributed by atoms with E-state index in [0.717, 1.165) is 45.2 Å². The predicted molar refractivity (Wildman–Crippen MR) is 88.8 cm³/mol. The Kier molecular flexibility index (Phi) is 6.93. The lowest BCUT2D eigenvalue weighted by molar-refractivity contribution is -0.0535. The van der Waals surface area contributed by atoms with Crippen LogP contribution in [-0.2, 0) is 4.74 Å². The van der Waals surface area contributed by atoms with Crippen LogP contribution in [0.1, 0.15) is 40.5 Å². The van der Waals surface area contributed by atoms with Gasteiger partial charge in [-0.05, 0) is 18.9 Å². The van der Waals surface area contributed by atoms with Crippen molar-refractivity contribution in [2.45, 2.75) is 58.7 Å². The van der Waals surface area contributed by atoms with Gasteiger partial charge in [0.05, 0.1) is 12.7 Å². The average Bonchev–Trinajstić information content (AvgIpc) is 2.54. The quantitative estimate of drug-likeness (QED) is 0.809. The minimum absolute atomic E-state index is 0.392. The number of hydrogen-bond donors (Lipinski definition) is 1. The van der Waals surface area contributed by atoms with Crippen molar-refractivity contribution in [1.82, 2.24) is 15.1 Å². The van der Waals surface area contributed by atoms with E-state index in [1.165, 1.54) is 19.4 Å². The van der Waals surface area contributed by atoms with E-state index < -0.39 is 0 Å². The number of nitrogens with one attached hydrogen (secondary N) is 1. The van der Waals surface area contributed by atoms with Gasteiger partial charge < -0.3 is 10.1 Å². The summed E-state index contributed by atoms with van der Waals surface area (Å²) in [5.74, 6) is 0.754. The van der Waals surface area contributed by atoms with Crippen molar-refractivity contribution in [2.24, 2.45) is 5.92 Å². The second-order valence-corrected chi connectivity index (χ2v) is 6.80. The molecular formula is C17H35N3O. The van der Waals surface area contributed by atoms with Crippen LogP contribution >= 0.6 is 0 Å². The lowest BCUT2D eigenvalue weighted by atomic mass is 9.94. The Morgan fingerprint density at radius 2 is 2.05 bits per heavy atom. The molecular weight excluding hydrogens is 262 g/mol. The molecule has 4 atom stereocenters. The van der Waals surface area contributed by atoms with Crippen molar-refractivity contribution >= 4 is 0 Å². The molecule has 2 aliphatic heterocycles. The predicted octanol–water partition coefficient (Wildman–Crippen LogP) is 1.81. The molecule has 0 aromatic carbocycles. The molecule has 0 aliphatic carbocycles. The summed E-state index contributed by atoms with van der Waals surface area (Å²) in [7, 11) is 0. The van der Waals surface area contributed by atoms with E-state index in [-0.39, 0.29) is 0 Å². The van der Waals surface area contributed by atoms with Gasteiger partial charge in [-0.25, -0.2) is 0 Å². The first-order valence-electron chi connectivity index (χ1n) is 8.99. The second-order valence-electron chi connectivity index (χ2n) is 6.80. The zero-order chi connectivity index (χ0) is 15.2. The highest BCUT2D eigenvalue weighted by Gasteiger charge is 2.31. The molecule has 0 spiro atoms. The molecule has 2 fully saturated rings. The Morgan fingerprint density at radius 1 is 1.24 bits per heavy atom. The van der Waals surface area contributed by atoms with Crippen LogP contribution in [0.2, 0.25) is 0 Å². The topological polar surface area (TPSA) is 27.7 Å². The van der Waals surface area contributed by atoms with Gasteiger partial charge in [0.1, 0.15) is 0 Å². The van der Waals surface area contributed by atoms with Crippen molar-refractivity contribution in [3.63, 3.8) is 0 Å². The van der Waals surface area contributed by atoms with Crippen molar-refractivity contribution in [3.8, 4) is 0 Å². The number of ether oxygens (including phenoxy) is 1. The zero-order valence-corrected chi connectivity index (χ0v) is 14.5. The fourth-order valence-electron chi connectivity index (χ4n) is 3.61. The summed E-state index contributed by atoms with van der Waals surface area (Å²) >= 11 is 0. The molecule has 21 heavy (non-hydrogen) atoms. The van der Waals surface area contributed by atoms with E-state index >= 15 is 0 Å². The third-order valence-electron chi connectivity index (χ3n) is 5.47. The zero-order valence-electron chi connectivity index (χ0n) is 14.5. The van der Waals surface area contributed by atoms with Crippen LogP contribution in [0.15, 0.2) is 0 Å². The summed E-state index contributed by atoms with van der Waals surface area (Å²) in [5.41, 5.74) is 0. The molecule has 2 rings (SSSR count). The molecule has 0 radical (unpaired) electrons. The summed E-state index contributed by atoms with van der Waals surface area (Å²) in [6.45, 7) is 16.9. The maximum Gasteiger partial charge on any atom is 0.0829 e. The third-order valence-corrected chi connectivity index (χ3v) is 5.47. The Morgan fingerprint density at radius 3 is 2.71 bits per heavy atom. The molecule has 2 saturated heterocycles. The molecule has 2 heterocycles. The molecule has 4 nitrogen and oxygen atoms in total. The third kappa shape index (κ3) is 4.65. The van der Waals surface area contributed by atoms with Gasteiger partial charge in [0, 0.05) is 44.8 Å². The molecule has 124 valence electrons. The number of rotatable bonds is 6. The lowest BCUT2D eigenvalue weighted by Crippen LogP contribution is -2.60. The van der Waals surface area contributed by atoms with Gasteiger partial charge in [-0.3, -0.25) is 9.80 Å². The Balaban J connectivity index is 1.91. The van der Waals surface area contributed by atoms with Gasteiger partial charge in [0.15, 0.2) is 0 Å². The SMILES string of the molecule is CCC(C)C1CN(CC2CN(CC)CCO2)C(CC)CN1. The van der Waals surface area contributed by atoms with Crippen LogP contribution in [0, 0.1) is 5.92 Å². The van der Waals surface area contributed by atoms with Crippen LogP contribution in [0.3, 0.4) is 0 Å². The van der Waals surface area contributed by atoms with Crippen LogP contribution in [0.5, 0.6) is 0 Å². The standard InChI is InChI=1S/C17H35N3O/c1-5-14(4)17-13-20(15(6-2)10-18-17)12-16-11-19(7-3)8-9-21-16/h14-18H,5-13H2,1-4H3. The summed E-state index contributed by atoms with van der Waals surface area (Å²) in [5, 5.41) is 3.77. The van der Waals surface area contributed by atoms with Crippen LogP contribution in [-0.4, -0.2) is 73.9 Å². The summed E-state index contributed by atoms with van der Waals surface area (Å²) in [6.07, 6.45) is 2.87. The van der Waals surface area contributed by atoms with Crippen molar-refractivity contribution in [3.05, 3.63) is 0 Å². The number of nitrogens with zero attached hydrogens (tertiary/aromatic N) is 2. The molecule has 0 aromatic heterocycles. The minimum atomic E-state index is 0.392. The largest absolute Gasteiger partial charge is 0.374 e. The summed E-state index contributed by atoms with van der Waals surface area (Å²) in [4.78, 5) is 5.21. The highest BCUT2D eigenvalue weighted by Crippen LogP contribution is 2.19. The monoisotopic (exact) mass is 297 g/mol. The average molecular weight is 297 g/mol. The number of piperazine rings is 1. The Labute approximate surface area is 131 Å². The first-order chi connectivity index (χ1) is 10.2. The van der Waals surface area contributed by atoms with Crippen LogP contribution < -0.4 is 5.32 Å². The fraction of sp³-hybridized carbons (Fsp3) is 1.00. The van der Waals surface area contributed by atoms with Gasteiger partial charge in [-0.2, -0.15) is 0 Å². The molecule has 1 N–H and O–H groups in total. The van der Waals surface area contributed by atoms with Gasteiger partial charge in [-0.1, -0.05) is 34.1 Å². The first kappa shape index (κ1) is 17.2. The minimum Gasteiger partial charge on any atom is -0.374 e. The molecule has 4 unspecified atom stereocenters. The molecule has 0 amide bonds. The van der Waals surface area contributed by atoms with Crippen molar-refractivity contribution in [1.29, 1.82) is 0 Å². The second kappa shape index (κ2) is 8.47. The number of hydrogen-bond acceptors (Lipinski definition) is 4. The van der Waals surface area contributed by atoms with Crippen molar-refractivity contribution < 1.29 is 4.74 Å². The Bertz CT molecular complexity index is 300. The highest BCUT2D eigenvalue weighted by molar-refractivity contribution is 4.89. The van der Waals surface area contributed by atoms with Gasteiger partial charge in [0.2, 0.25) is 0 Å². The molecule has 2 aliphatic rings. The van der Waals surface area contributed by atoms with Crippen molar-refractivity contribution in [2.75, 3.05) is 45.9 Å². The van der Waals surface area contributed by atoms with Crippen LogP contribution in [0.4, 0.5) is 0 Å². The molecule has 0 aromatic rings. The van der Waals surface area contributed by atoms with E-state index in [0.29, 0.717) is 18.2 Å². The smallest absolute Gasteiger partial charge is 0.0829 e. The lowest BCUT2D eigenvalue weighted by Gasteiger charge is -2.44. The molecule has 0 saturated carbocycles. The van der Waals surface area contributed by atoms with Crippen LogP contribution in [0.25, 0.3) is 0 Å². The summed E-state index contributed by atoms with van der Waals surface area (Å²) in [6, 6.07) is 1.31. The molecule has 0 bridgehead atoms. The van der Waals surface area contributed by atoms with Gasteiger partial charge in [-0.15, -0.1) is 0 Å². The highest BCUT2D eigenvalue weighted by atomic mass is 16.5. The molecule has 4 heteroatoms. The van der Waals surface area contributed by atoms with Gasteiger partial charge >= 0.3 is 0 Å². The number of likely N-dealkylation sites (N-methyl/N-ethyl adjacent to an activating group) is 1. The first-order valence-corrected chi connectivity index (χ1v) is 8.99. The van der Waals surface area contributed by atoms with E-state index in [9.17, 15) is 0 Å². The van der Waals surface area contributed by atoms with Gasteiger partial charge in [0.25, 0.3) is 0 Å².